The van der Waals surface area contributed by atoms with Gasteiger partial charge in [0.05, 0.1) is 31.4 Å². The number of amides is 1. The molecule has 0 aliphatic carbocycles. The van der Waals surface area contributed by atoms with Gasteiger partial charge in [-0.3, -0.25) is 9.69 Å². The second-order valence-electron chi connectivity index (χ2n) is 8.38. The number of oxime groups is 1. The predicted molar refractivity (Wildman–Crippen MR) is 126 cm³/mol. The van der Waals surface area contributed by atoms with Crippen LogP contribution >= 0.6 is 0 Å². The monoisotopic (exact) mass is 477 g/mol. The van der Waals surface area contributed by atoms with E-state index in [0.717, 1.165) is 16.9 Å². The number of primary amides is 1. The van der Waals surface area contributed by atoms with Crippen LogP contribution in [0.3, 0.4) is 0 Å². The molecule has 5 rings (SSSR count). The Morgan fingerprint density at radius 1 is 1.23 bits per heavy atom. The van der Waals surface area contributed by atoms with Crippen molar-refractivity contribution in [1.82, 2.24) is 14.5 Å². The van der Waals surface area contributed by atoms with Crippen LogP contribution in [0.25, 0.3) is 11.4 Å². The molecule has 3 aromatic rings. The summed E-state index contributed by atoms with van der Waals surface area (Å²) in [4.78, 5) is 24.2. The maximum Gasteiger partial charge on any atom is 0.315 e. The normalized spacial score (nSPS) is 19.1. The number of hydrogen-bond acceptors (Lipinski definition) is 7. The van der Waals surface area contributed by atoms with E-state index in [1.165, 1.54) is 12.1 Å². The molecular formula is C25H24FN5O4. The van der Waals surface area contributed by atoms with Crippen molar-refractivity contribution in [2.45, 2.75) is 19.6 Å². The lowest BCUT2D eigenvalue weighted by atomic mass is 9.97. The number of nitrogens with two attached hydrogens (primary N) is 1. The Hall–Kier alpha value is -4.34. The smallest absolute Gasteiger partial charge is 0.315 e. The maximum atomic E-state index is 14.2. The number of aryl methyl sites for hydroxylation is 2. The first kappa shape index (κ1) is 22.5. The molecule has 3 heterocycles. The average Bonchev–Trinajstić information content (AvgIpc) is 3.35. The summed E-state index contributed by atoms with van der Waals surface area (Å²) in [6, 6.07) is 9.89. The number of rotatable bonds is 5. The van der Waals surface area contributed by atoms with Crippen molar-refractivity contribution in [2.24, 2.45) is 10.9 Å². The van der Waals surface area contributed by atoms with Gasteiger partial charge < -0.3 is 24.6 Å². The zero-order valence-corrected chi connectivity index (χ0v) is 19.5. The molecule has 0 radical (unpaired) electrons. The summed E-state index contributed by atoms with van der Waals surface area (Å²) < 4.78 is 27.7. The zero-order valence-electron chi connectivity index (χ0n) is 19.5. The second-order valence-corrected chi connectivity index (χ2v) is 8.38. The van der Waals surface area contributed by atoms with Crippen LogP contribution in [0.2, 0.25) is 0 Å². The molecule has 2 N–H and O–H groups in total. The summed E-state index contributed by atoms with van der Waals surface area (Å²) in [6.07, 6.45) is 5.28. The van der Waals surface area contributed by atoms with E-state index in [-0.39, 0.29) is 18.7 Å². The highest BCUT2D eigenvalue weighted by Gasteiger charge is 2.53. The number of imidazole rings is 1. The van der Waals surface area contributed by atoms with Crippen LogP contribution < -0.4 is 10.5 Å². The highest BCUT2D eigenvalue weighted by atomic mass is 19.1. The molecule has 1 unspecified atom stereocenters. The van der Waals surface area contributed by atoms with Gasteiger partial charge in [-0.05, 0) is 55.8 Å². The molecule has 0 spiro atoms. The zero-order chi connectivity index (χ0) is 24.7. The van der Waals surface area contributed by atoms with Crippen LogP contribution in [0, 0.1) is 19.7 Å². The van der Waals surface area contributed by atoms with E-state index in [4.69, 9.17) is 20.0 Å². The quantitative estimate of drug-likeness (QED) is 0.606. The number of methoxy groups -OCH3 is 1. The predicted octanol–water partition coefficient (Wildman–Crippen LogP) is 2.99. The lowest BCUT2D eigenvalue weighted by molar-refractivity contribution is -0.160. The van der Waals surface area contributed by atoms with Crippen LogP contribution in [0.15, 0.2) is 60.2 Å². The molecule has 0 fully saturated rings. The minimum Gasteiger partial charge on any atom is -0.495 e. The van der Waals surface area contributed by atoms with Crippen LogP contribution in [-0.2, 0) is 20.1 Å². The SMILES string of the molecule is COc1cc(C2=CC3=NOC(C(N)=O)(c4cc(C)cc(F)c4)N3CCO2)ccc1-n1cnc(C)c1. The Morgan fingerprint density at radius 2 is 2.06 bits per heavy atom. The molecule has 180 valence electrons. The van der Waals surface area contributed by atoms with Crippen LogP contribution in [-0.4, -0.2) is 46.5 Å². The highest BCUT2D eigenvalue weighted by Crippen LogP contribution is 2.38. The molecular weight excluding hydrogens is 453 g/mol. The number of carbonyl (C=O) groups excluding carboxylic acids is 1. The third kappa shape index (κ3) is 3.76. The summed E-state index contributed by atoms with van der Waals surface area (Å²) in [6.45, 7) is 4.09. The number of amidine groups is 1. The van der Waals surface area contributed by atoms with E-state index in [0.29, 0.717) is 22.9 Å². The number of nitrogens with zero attached hydrogens (tertiary/aromatic N) is 4. The lowest BCUT2D eigenvalue weighted by Crippen LogP contribution is -2.55. The van der Waals surface area contributed by atoms with Crippen LogP contribution in [0.4, 0.5) is 4.39 Å². The van der Waals surface area contributed by atoms with Gasteiger partial charge in [0, 0.05) is 23.4 Å². The third-order valence-corrected chi connectivity index (χ3v) is 5.98. The Balaban J connectivity index is 1.52. The molecule has 0 bridgehead atoms. The maximum absolute atomic E-state index is 14.2. The third-order valence-electron chi connectivity index (χ3n) is 5.98. The van der Waals surface area contributed by atoms with Gasteiger partial charge in [-0.1, -0.05) is 5.16 Å². The van der Waals surface area contributed by atoms with E-state index in [1.807, 2.05) is 35.9 Å². The molecule has 9 nitrogen and oxygen atoms in total. The molecule has 0 saturated carbocycles. The van der Waals surface area contributed by atoms with E-state index >= 15 is 0 Å². The van der Waals surface area contributed by atoms with Crippen LogP contribution in [0.1, 0.15) is 22.4 Å². The standard InChI is InChI=1S/C25H24FN5O4/c1-15-8-18(11-19(26)9-15)25(24(27)32)31-6-7-34-21(12-23(31)29-35-25)17-4-5-20(22(10-17)33-3)30-13-16(2)28-14-30/h4-5,8-14H,6-7H2,1-3H3,(H2,27,32). The van der Waals surface area contributed by atoms with Gasteiger partial charge in [-0.15, -0.1) is 0 Å². The number of aromatic nitrogens is 2. The number of ether oxygens (including phenoxy) is 2. The van der Waals surface area contributed by atoms with Crippen molar-refractivity contribution in [3.8, 4) is 11.4 Å². The van der Waals surface area contributed by atoms with E-state index in [1.54, 1.807) is 37.4 Å². The molecule has 2 aliphatic heterocycles. The fraction of sp³-hybridized carbons (Fsp3) is 0.240. The molecule has 2 aliphatic rings. The van der Waals surface area contributed by atoms with E-state index < -0.39 is 17.4 Å². The van der Waals surface area contributed by atoms with E-state index in [2.05, 4.69) is 10.1 Å². The first-order valence-electron chi connectivity index (χ1n) is 11.0. The highest BCUT2D eigenvalue weighted by molar-refractivity contribution is 6.03. The first-order chi connectivity index (χ1) is 16.8. The van der Waals surface area contributed by atoms with Crippen molar-refractivity contribution < 1.29 is 23.5 Å². The summed E-state index contributed by atoms with van der Waals surface area (Å²) in [7, 11) is 1.59. The summed E-state index contributed by atoms with van der Waals surface area (Å²) in [5.74, 6) is 0.167. The number of carbonyl (C=O) groups is 1. The minimum atomic E-state index is -1.78. The average molecular weight is 477 g/mol. The van der Waals surface area contributed by atoms with E-state index in [9.17, 15) is 9.18 Å². The van der Waals surface area contributed by atoms with Gasteiger partial charge in [-0.2, -0.15) is 0 Å². The molecule has 1 amide bonds. The van der Waals surface area contributed by atoms with Gasteiger partial charge in [-0.25, -0.2) is 9.37 Å². The van der Waals surface area contributed by atoms with Gasteiger partial charge in [0.2, 0.25) is 0 Å². The summed E-state index contributed by atoms with van der Waals surface area (Å²) in [5.41, 5.74) is 7.35. The summed E-state index contributed by atoms with van der Waals surface area (Å²) >= 11 is 0. The molecule has 2 aromatic carbocycles. The molecule has 1 atom stereocenters. The van der Waals surface area contributed by atoms with Crippen molar-refractivity contribution >= 4 is 17.5 Å². The van der Waals surface area contributed by atoms with Crippen molar-refractivity contribution in [1.29, 1.82) is 0 Å². The first-order valence-corrected chi connectivity index (χ1v) is 11.0. The molecule has 10 heteroatoms. The Labute approximate surface area is 201 Å². The fourth-order valence-corrected chi connectivity index (χ4v) is 4.38. The van der Waals surface area contributed by atoms with Crippen molar-refractivity contribution in [3.63, 3.8) is 0 Å². The number of fused-ring (bicyclic) bond motifs is 1. The minimum absolute atomic E-state index is 0.211. The molecule has 1 aromatic heterocycles. The lowest BCUT2D eigenvalue weighted by Gasteiger charge is -2.33. The van der Waals surface area contributed by atoms with Gasteiger partial charge >= 0.3 is 5.72 Å². The summed E-state index contributed by atoms with van der Waals surface area (Å²) in [5, 5.41) is 4.13. The van der Waals surface area contributed by atoms with Crippen molar-refractivity contribution in [3.05, 3.63) is 83.2 Å². The number of hydrogen-bond donors (Lipinski definition) is 1. The van der Waals surface area contributed by atoms with Gasteiger partial charge in [0.25, 0.3) is 5.91 Å². The number of halogens is 1. The molecule has 0 saturated heterocycles. The van der Waals surface area contributed by atoms with Crippen LogP contribution in [0.5, 0.6) is 5.75 Å². The Bertz CT molecular complexity index is 1360. The second kappa shape index (κ2) is 8.46. The number of benzene rings is 2. The fourth-order valence-electron chi connectivity index (χ4n) is 4.38. The topological polar surface area (TPSA) is 104 Å². The van der Waals surface area contributed by atoms with Gasteiger partial charge in [0.1, 0.15) is 23.9 Å². The van der Waals surface area contributed by atoms with Gasteiger partial charge in [0.15, 0.2) is 5.84 Å². The molecule has 35 heavy (non-hydrogen) atoms. The Kier molecular flexibility index (Phi) is 5.43. The largest absolute Gasteiger partial charge is 0.495 e. The Morgan fingerprint density at radius 3 is 2.74 bits per heavy atom. The van der Waals surface area contributed by atoms with Crippen molar-refractivity contribution in [2.75, 3.05) is 20.3 Å².